The molecule has 1 amide bonds. The summed E-state index contributed by atoms with van der Waals surface area (Å²) in [4.78, 5) is 23.2. The highest BCUT2D eigenvalue weighted by atomic mass is 79.9. The summed E-state index contributed by atoms with van der Waals surface area (Å²) >= 11 is 3.46. The van der Waals surface area contributed by atoms with E-state index in [2.05, 4.69) is 31.1 Å². The molecule has 2 bridgehead atoms. The molecule has 2 aromatic heterocycles. The highest BCUT2D eigenvalue weighted by Crippen LogP contribution is 2.57. The molecule has 3 aliphatic rings. The van der Waals surface area contributed by atoms with Crippen LogP contribution in [0.4, 0.5) is 19.4 Å². The Kier molecular flexibility index (Phi) is 6.04. The van der Waals surface area contributed by atoms with Crippen molar-refractivity contribution < 1.29 is 22.8 Å². The summed E-state index contributed by atoms with van der Waals surface area (Å²) in [6, 6.07) is 3.62. The van der Waals surface area contributed by atoms with Crippen molar-refractivity contribution in [3.8, 4) is 0 Å². The summed E-state index contributed by atoms with van der Waals surface area (Å²) < 4.78 is 38.6. The number of rotatable bonds is 5. The third-order valence-corrected chi connectivity index (χ3v) is 7.26. The Balaban J connectivity index is 1.54. The van der Waals surface area contributed by atoms with Crippen LogP contribution in [-0.2, 0) is 16.1 Å². The van der Waals surface area contributed by atoms with Crippen LogP contribution < -0.4 is 4.90 Å². The minimum Gasteiger partial charge on any atom is -0.443 e. The minimum absolute atomic E-state index is 0.107. The smallest absolute Gasteiger partial charge is 0.416 e. The number of carbonyl (C=O) groups is 1. The van der Waals surface area contributed by atoms with E-state index in [-0.39, 0.29) is 10.8 Å². The van der Waals surface area contributed by atoms with Gasteiger partial charge in [0.2, 0.25) is 0 Å². The van der Waals surface area contributed by atoms with E-state index in [4.69, 9.17) is 9.26 Å². The molecule has 3 saturated carbocycles. The SMILES string of the molecule is CC(C)(C)OC(=O)N(CC12CCC(c3noc(C(C)(F)F)n3)(CC1)CC2)c1cc(Br)ccn1. The fraction of sp³-hybridized carbons (Fsp3) is 0.652. The second-order valence-electron chi connectivity index (χ2n) is 10.5. The van der Waals surface area contributed by atoms with Crippen LogP contribution in [0.1, 0.15) is 77.9 Å². The molecule has 3 fully saturated rings. The Hall–Kier alpha value is -2.10. The number of aromatic nitrogens is 3. The molecule has 2 heterocycles. The zero-order valence-electron chi connectivity index (χ0n) is 19.3. The Bertz CT molecular complexity index is 1010. The standard InChI is InChI=1S/C23H29BrF2N4O3/c1-20(2,3)32-19(31)30(16-13-15(24)5-12-27-16)14-22-6-9-23(10-7-22,11-8-22)17-28-18(33-29-17)21(4,25)26/h5,12-13H,6-11,14H2,1-4H3. The van der Waals surface area contributed by atoms with Gasteiger partial charge in [0.1, 0.15) is 11.4 Å². The maximum atomic E-state index is 13.6. The van der Waals surface area contributed by atoms with Crippen molar-refractivity contribution in [3.05, 3.63) is 34.5 Å². The van der Waals surface area contributed by atoms with Crippen molar-refractivity contribution in [2.45, 2.75) is 83.2 Å². The van der Waals surface area contributed by atoms with Gasteiger partial charge in [-0.25, -0.2) is 9.78 Å². The van der Waals surface area contributed by atoms with E-state index >= 15 is 0 Å². The van der Waals surface area contributed by atoms with Crippen LogP contribution in [0.5, 0.6) is 0 Å². The van der Waals surface area contributed by atoms with Crippen molar-refractivity contribution in [3.63, 3.8) is 0 Å². The molecule has 0 atom stereocenters. The number of hydrogen-bond acceptors (Lipinski definition) is 6. The molecule has 0 N–H and O–H groups in total. The predicted molar refractivity (Wildman–Crippen MR) is 121 cm³/mol. The van der Waals surface area contributed by atoms with Crippen molar-refractivity contribution in [1.29, 1.82) is 0 Å². The molecule has 0 aliphatic heterocycles. The van der Waals surface area contributed by atoms with Gasteiger partial charge in [-0.1, -0.05) is 21.1 Å². The first-order chi connectivity index (χ1) is 15.3. The van der Waals surface area contributed by atoms with Gasteiger partial charge in [-0.05, 0) is 76.8 Å². The summed E-state index contributed by atoms with van der Waals surface area (Å²) in [5.41, 5.74) is -1.09. The summed E-state index contributed by atoms with van der Waals surface area (Å²) in [6.07, 6.45) is 5.97. The van der Waals surface area contributed by atoms with Crippen LogP contribution in [0, 0.1) is 5.41 Å². The molecule has 180 valence electrons. The molecule has 2 aromatic rings. The largest absolute Gasteiger partial charge is 0.443 e. The quantitative estimate of drug-likeness (QED) is 0.450. The third-order valence-electron chi connectivity index (χ3n) is 6.77. The molecular formula is C23H29BrF2N4O3. The first-order valence-electron chi connectivity index (χ1n) is 11.2. The normalized spacial score (nSPS) is 25.2. The molecule has 7 nitrogen and oxygen atoms in total. The number of carbonyl (C=O) groups excluding carboxylic acids is 1. The molecular weight excluding hydrogens is 498 g/mol. The summed E-state index contributed by atoms with van der Waals surface area (Å²) in [5.74, 6) is -2.88. The van der Waals surface area contributed by atoms with Crippen LogP contribution in [0.2, 0.25) is 0 Å². The van der Waals surface area contributed by atoms with Crippen molar-refractivity contribution in [2.24, 2.45) is 5.41 Å². The lowest BCUT2D eigenvalue weighted by molar-refractivity contribution is -0.0158. The lowest BCUT2D eigenvalue weighted by Crippen LogP contribution is -2.51. The van der Waals surface area contributed by atoms with Crippen molar-refractivity contribution >= 4 is 27.8 Å². The van der Waals surface area contributed by atoms with Crippen LogP contribution >= 0.6 is 15.9 Å². The van der Waals surface area contributed by atoms with Gasteiger partial charge in [0.05, 0.1) is 0 Å². The average molecular weight is 527 g/mol. The molecule has 0 unspecified atom stereocenters. The van der Waals surface area contributed by atoms with Gasteiger partial charge in [0.25, 0.3) is 5.89 Å². The number of alkyl halides is 2. The number of hydrogen-bond donors (Lipinski definition) is 0. The zero-order valence-corrected chi connectivity index (χ0v) is 20.9. The monoisotopic (exact) mass is 526 g/mol. The van der Waals surface area contributed by atoms with E-state index in [0.29, 0.717) is 18.2 Å². The van der Waals surface area contributed by atoms with Gasteiger partial charge in [-0.15, -0.1) is 0 Å². The van der Waals surface area contributed by atoms with Gasteiger partial charge < -0.3 is 9.26 Å². The first-order valence-corrected chi connectivity index (χ1v) is 11.9. The fourth-order valence-electron chi connectivity index (χ4n) is 4.89. The number of fused-ring (bicyclic) bond motifs is 3. The molecule has 33 heavy (non-hydrogen) atoms. The van der Waals surface area contributed by atoms with Crippen molar-refractivity contribution in [1.82, 2.24) is 15.1 Å². The van der Waals surface area contributed by atoms with Gasteiger partial charge >= 0.3 is 12.0 Å². The van der Waals surface area contributed by atoms with E-state index in [9.17, 15) is 13.6 Å². The number of amides is 1. The number of halogens is 3. The van der Waals surface area contributed by atoms with Gasteiger partial charge in [-0.2, -0.15) is 13.8 Å². The zero-order chi connectivity index (χ0) is 24.1. The number of pyridine rings is 1. The van der Waals surface area contributed by atoms with Crippen LogP contribution in [0.15, 0.2) is 27.3 Å². The molecule has 0 spiro atoms. The Morgan fingerprint density at radius 1 is 1.18 bits per heavy atom. The topological polar surface area (TPSA) is 81.4 Å². The first kappa shape index (κ1) is 24.0. The van der Waals surface area contributed by atoms with E-state index in [1.807, 2.05) is 32.9 Å². The van der Waals surface area contributed by atoms with Gasteiger partial charge in [0.15, 0.2) is 5.82 Å². The third kappa shape index (κ3) is 5.05. The maximum absolute atomic E-state index is 13.6. The lowest BCUT2D eigenvalue weighted by Gasteiger charge is -2.53. The predicted octanol–water partition coefficient (Wildman–Crippen LogP) is 6.37. The van der Waals surface area contributed by atoms with E-state index in [1.54, 1.807) is 11.1 Å². The van der Waals surface area contributed by atoms with E-state index < -0.39 is 23.5 Å². The molecule has 0 saturated heterocycles. The van der Waals surface area contributed by atoms with Crippen LogP contribution in [0.25, 0.3) is 0 Å². The second kappa shape index (κ2) is 8.29. The maximum Gasteiger partial charge on any atom is 0.416 e. The number of nitrogens with zero attached hydrogens (tertiary/aromatic N) is 4. The summed E-state index contributed by atoms with van der Waals surface area (Å²) in [5, 5.41) is 3.92. The van der Waals surface area contributed by atoms with E-state index in [0.717, 1.165) is 49.9 Å². The lowest BCUT2D eigenvalue weighted by atomic mass is 9.53. The highest BCUT2D eigenvalue weighted by molar-refractivity contribution is 9.10. The van der Waals surface area contributed by atoms with Gasteiger partial charge in [-0.3, -0.25) is 4.90 Å². The van der Waals surface area contributed by atoms with Crippen molar-refractivity contribution in [2.75, 3.05) is 11.4 Å². The summed E-state index contributed by atoms with van der Waals surface area (Å²) in [6.45, 7) is 6.75. The Morgan fingerprint density at radius 2 is 1.82 bits per heavy atom. The fourth-order valence-corrected chi connectivity index (χ4v) is 5.21. The average Bonchev–Trinajstić information content (AvgIpc) is 3.24. The molecule has 0 radical (unpaired) electrons. The van der Waals surface area contributed by atoms with Crippen LogP contribution in [0.3, 0.4) is 0 Å². The van der Waals surface area contributed by atoms with Gasteiger partial charge in [0, 0.05) is 29.6 Å². The van der Waals surface area contributed by atoms with E-state index in [1.165, 1.54) is 0 Å². The van der Waals surface area contributed by atoms with Crippen LogP contribution in [-0.4, -0.2) is 33.4 Å². The minimum atomic E-state index is -3.15. The molecule has 3 aliphatic carbocycles. The molecule has 0 aromatic carbocycles. The number of ether oxygens (including phenoxy) is 1. The molecule has 10 heteroatoms. The Morgan fingerprint density at radius 3 is 2.33 bits per heavy atom. The molecule has 5 rings (SSSR count). The number of anilines is 1. The Labute approximate surface area is 200 Å². The summed E-state index contributed by atoms with van der Waals surface area (Å²) in [7, 11) is 0. The highest BCUT2D eigenvalue weighted by Gasteiger charge is 2.53. The second-order valence-corrected chi connectivity index (χ2v) is 11.4.